The van der Waals surface area contributed by atoms with Crippen LogP contribution in [0.1, 0.15) is 41.4 Å². The third-order valence-electron chi connectivity index (χ3n) is 4.96. The summed E-state index contributed by atoms with van der Waals surface area (Å²) in [5, 5.41) is 2.59. The molecule has 0 aliphatic carbocycles. The molecule has 0 bridgehead atoms. The highest BCUT2D eigenvalue weighted by Crippen LogP contribution is 2.31. The molecule has 1 amide bonds. The number of hydrogen-bond acceptors (Lipinski definition) is 3. The van der Waals surface area contributed by atoms with E-state index in [4.69, 9.17) is 4.74 Å². The van der Waals surface area contributed by atoms with Gasteiger partial charge in [0.25, 0.3) is 5.91 Å². The summed E-state index contributed by atoms with van der Waals surface area (Å²) < 4.78 is 46.0. The Hall–Kier alpha value is -3.29. The molecule has 0 saturated carbocycles. The molecule has 0 aliphatic heterocycles. The van der Waals surface area contributed by atoms with Gasteiger partial charge in [0.15, 0.2) is 0 Å². The van der Waals surface area contributed by atoms with Gasteiger partial charge >= 0.3 is 6.18 Å². The molecule has 5 nitrogen and oxygen atoms in total. The second kappa shape index (κ2) is 8.22. The first kappa shape index (κ1) is 21.4. The van der Waals surface area contributed by atoms with Crippen LogP contribution in [0.15, 0.2) is 53.5 Å². The molecule has 30 heavy (non-hydrogen) atoms. The standard InChI is InChI=1S/C22H21F3N2O3/c1-4-27-12-18(20(28)17-11-15(22(23,24)25)7-10-19(17)27)21(29)26-13(2)14-5-8-16(30-3)9-6-14/h5-13H,4H2,1-3H3,(H,26,29)/t13-/m0/s1. The summed E-state index contributed by atoms with van der Waals surface area (Å²) in [6.07, 6.45) is -3.20. The summed E-state index contributed by atoms with van der Waals surface area (Å²) in [6, 6.07) is 9.62. The Kier molecular flexibility index (Phi) is 5.87. The Morgan fingerprint density at radius 3 is 2.40 bits per heavy atom. The molecule has 0 aliphatic rings. The predicted molar refractivity (Wildman–Crippen MR) is 108 cm³/mol. The van der Waals surface area contributed by atoms with Gasteiger partial charge in [-0.25, -0.2) is 0 Å². The molecule has 0 spiro atoms. The van der Waals surface area contributed by atoms with Gasteiger partial charge in [-0.05, 0) is 49.7 Å². The number of amides is 1. The van der Waals surface area contributed by atoms with Crippen molar-refractivity contribution >= 4 is 16.8 Å². The maximum absolute atomic E-state index is 13.1. The van der Waals surface area contributed by atoms with Gasteiger partial charge in [0.2, 0.25) is 5.43 Å². The molecule has 3 rings (SSSR count). The summed E-state index contributed by atoms with van der Waals surface area (Å²) in [5.74, 6) is 0.0166. The molecule has 1 N–H and O–H groups in total. The largest absolute Gasteiger partial charge is 0.497 e. The number of alkyl halides is 3. The summed E-state index contributed by atoms with van der Waals surface area (Å²) in [7, 11) is 1.54. The molecule has 1 aromatic heterocycles. The zero-order valence-corrected chi connectivity index (χ0v) is 16.7. The van der Waals surface area contributed by atoms with Gasteiger partial charge in [-0.3, -0.25) is 9.59 Å². The molecular weight excluding hydrogens is 397 g/mol. The molecule has 0 fully saturated rings. The van der Waals surface area contributed by atoms with Crippen molar-refractivity contribution in [2.45, 2.75) is 32.6 Å². The lowest BCUT2D eigenvalue weighted by molar-refractivity contribution is -0.137. The van der Waals surface area contributed by atoms with Crippen LogP contribution in [0.2, 0.25) is 0 Å². The van der Waals surface area contributed by atoms with Crippen LogP contribution in [0, 0.1) is 0 Å². The third-order valence-corrected chi connectivity index (χ3v) is 4.96. The van der Waals surface area contributed by atoms with Crippen LogP contribution >= 0.6 is 0 Å². The Labute approximate surface area is 171 Å². The number of nitrogens with one attached hydrogen (secondary N) is 1. The number of nitrogens with zero attached hydrogens (tertiary/aromatic N) is 1. The van der Waals surface area contributed by atoms with Gasteiger partial charge in [0.1, 0.15) is 11.3 Å². The highest BCUT2D eigenvalue weighted by Gasteiger charge is 2.31. The van der Waals surface area contributed by atoms with E-state index in [0.29, 0.717) is 17.8 Å². The van der Waals surface area contributed by atoms with Crippen molar-refractivity contribution in [3.05, 3.63) is 75.6 Å². The normalized spacial score (nSPS) is 12.6. The number of pyridine rings is 1. The number of aromatic nitrogens is 1. The van der Waals surface area contributed by atoms with Crippen LogP contribution in [0.5, 0.6) is 5.75 Å². The summed E-state index contributed by atoms with van der Waals surface area (Å²) >= 11 is 0. The number of hydrogen-bond donors (Lipinski definition) is 1. The minimum absolute atomic E-state index is 0.142. The van der Waals surface area contributed by atoms with E-state index in [9.17, 15) is 22.8 Å². The quantitative estimate of drug-likeness (QED) is 0.662. The van der Waals surface area contributed by atoms with E-state index >= 15 is 0 Å². The summed E-state index contributed by atoms with van der Waals surface area (Å²) in [5.41, 5.74) is -0.737. The molecule has 2 aromatic carbocycles. The molecule has 0 saturated heterocycles. The lowest BCUT2D eigenvalue weighted by Crippen LogP contribution is -2.32. The first-order valence-electron chi connectivity index (χ1n) is 9.35. The minimum Gasteiger partial charge on any atom is -0.497 e. The fourth-order valence-electron chi connectivity index (χ4n) is 3.25. The lowest BCUT2D eigenvalue weighted by atomic mass is 10.1. The summed E-state index contributed by atoms with van der Waals surface area (Å²) in [4.78, 5) is 25.7. The van der Waals surface area contributed by atoms with E-state index in [-0.39, 0.29) is 10.9 Å². The van der Waals surface area contributed by atoms with E-state index in [1.165, 1.54) is 12.3 Å². The van der Waals surface area contributed by atoms with Crippen LogP contribution in [-0.4, -0.2) is 17.6 Å². The van der Waals surface area contributed by atoms with Crippen molar-refractivity contribution in [2.24, 2.45) is 0 Å². The van der Waals surface area contributed by atoms with Gasteiger partial charge < -0.3 is 14.6 Å². The zero-order valence-electron chi connectivity index (χ0n) is 16.7. The van der Waals surface area contributed by atoms with E-state index in [1.807, 2.05) is 0 Å². The van der Waals surface area contributed by atoms with Crippen molar-refractivity contribution < 1.29 is 22.7 Å². The van der Waals surface area contributed by atoms with Crippen molar-refractivity contribution in [3.63, 3.8) is 0 Å². The van der Waals surface area contributed by atoms with Crippen LogP contribution in [0.25, 0.3) is 10.9 Å². The topological polar surface area (TPSA) is 60.3 Å². The molecule has 3 aromatic rings. The summed E-state index contributed by atoms with van der Waals surface area (Å²) in [6.45, 7) is 3.92. The number of carbonyl (C=O) groups is 1. The van der Waals surface area contributed by atoms with E-state index < -0.39 is 29.1 Å². The van der Waals surface area contributed by atoms with Crippen LogP contribution in [-0.2, 0) is 12.7 Å². The van der Waals surface area contributed by atoms with Crippen molar-refractivity contribution in [1.29, 1.82) is 0 Å². The van der Waals surface area contributed by atoms with Gasteiger partial charge in [0, 0.05) is 18.1 Å². The molecule has 158 valence electrons. The lowest BCUT2D eigenvalue weighted by Gasteiger charge is -2.17. The molecule has 1 atom stereocenters. The fourth-order valence-corrected chi connectivity index (χ4v) is 3.25. The van der Waals surface area contributed by atoms with Crippen molar-refractivity contribution in [3.8, 4) is 5.75 Å². The predicted octanol–water partition coefficient (Wildman–Crippen LogP) is 4.54. The fraction of sp³-hybridized carbons (Fsp3) is 0.273. The van der Waals surface area contributed by atoms with Crippen LogP contribution < -0.4 is 15.5 Å². The average molecular weight is 418 g/mol. The number of fused-ring (bicyclic) bond motifs is 1. The number of ether oxygens (including phenoxy) is 1. The number of halogens is 3. The highest BCUT2D eigenvalue weighted by molar-refractivity contribution is 5.97. The zero-order chi connectivity index (χ0) is 22.1. The third kappa shape index (κ3) is 4.17. The van der Waals surface area contributed by atoms with Gasteiger partial charge in [-0.2, -0.15) is 13.2 Å². The number of aryl methyl sites for hydroxylation is 1. The number of carbonyl (C=O) groups excluding carboxylic acids is 1. The van der Waals surface area contributed by atoms with Gasteiger partial charge in [-0.15, -0.1) is 0 Å². The second-order valence-electron chi connectivity index (χ2n) is 6.86. The maximum Gasteiger partial charge on any atom is 0.416 e. The average Bonchev–Trinajstić information content (AvgIpc) is 2.73. The Morgan fingerprint density at radius 1 is 1.17 bits per heavy atom. The number of rotatable bonds is 5. The maximum atomic E-state index is 13.1. The first-order chi connectivity index (χ1) is 14.2. The van der Waals surface area contributed by atoms with E-state index in [0.717, 1.165) is 17.7 Å². The van der Waals surface area contributed by atoms with E-state index in [1.54, 1.807) is 49.8 Å². The number of methoxy groups -OCH3 is 1. The molecular formula is C22H21F3N2O3. The molecule has 1 heterocycles. The molecule has 8 heteroatoms. The van der Waals surface area contributed by atoms with Gasteiger partial charge in [-0.1, -0.05) is 12.1 Å². The Balaban J connectivity index is 2.00. The van der Waals surface area contributed by atoms with Crippen LogP contribution in [0.3, 0.4) is 0 Å². The van der Waals surface area contributed by atoms with Crippen LogP contribution in [0.4, 0.5) is 13.2 Å². The highest BCUT2D eigenvalue weighted by atomic mass is 19.4. The SMILES string of the molecule is CCn1cc(C(=O)N[C@@H](C)c2ccc(OC)cc2)c(=O)c2cc(C(F)(F)F)ccc21. The van der Waals surface area contributed by atoms with E-state index in [2.05, 4.69) is 5.32 Å². The van der Waals surface area contributed by atoms with Crippen molar-refractivity contribution in [2.75, 3.05) is 7.11 Å². The molecule has 0 unspecified atom stereocenters. The smallest absolute Gasteiger partial charge is 0.416 e. The Bertz CT molecular complexity index is 1140. The molecule has 0 radical (unpaired) electrons. The van der Waals surface area contributed by atoms with Crippen molar-refractivity contribution in [1.82, 2.24) is 9.88 Å². The van der Waals surface area contributed by atoms with Gasteiger partial charge in [0.05, 0.1) is 24.2 Å². The number of benzene rings is 2. The second-order valence-corrected chi connectivity index (χ2v) is 6.86. The first-order valence-corrected chi connectivity index (χ1v) is 9.35. The monoisotopic (exact) mass is 418 g/mol. The minimum atomic E-state index is -4.58. The Morgan fingerprint density at radius 2 is 1.83 bits per heavy atom.